The molecule has 0 radical (unpaired) electrons. The van der Waals surface area contributed by atoms with Gasteiger partial charge in [0, 0.05) is 0 Å². The summed E-state index contributed by atoms with van der Waals surface area (Å²) in [6.45, 7) is 7.50. The molecule has 0 spiro atoms. The first-order valence-electron chi connectivity index (χ1n) is 6.01. The lowest BCUT2D eigenvalue weighted by molar-refractivity contribution is -0.126. The van der Waals surface area contributed by atoms with Gasteiger partial charge in [0.1, 0.15) is 5.54 Å². The van der Waals surface area contributed by atoms with Crippen LogP contribution >= 0.6 is 11.3 Å². The lowest BCUT2D eigenvalue weighted by Crippen LogP contribution is -2.60. The highest BCUT2D eigenvalue weighted by atomic mass is 32.1. The number of hydrogen-bond donors (Lipinski definition) is 2. The molecule has 0 fully saturated rings. The first-order valence-corrected chi connectivity index (χ1v) is 6.89. The van der Waals surface area contributed by atoms with Gasteiger partial charge in [0.2, 0.25) is 5.91 Å². The lowest BCUT2D eigenvalue weighted by atomic mass is 9.83. The second kappa shape index (κ2) is 5.52. The molecule has 1 aromatic rings. The van der Waals surface area contributed by atoms with E-state index < -0.39 is 11.4 Å². The molecule has 100 valence electrons. The average molecular weight is 268 g/mol. The van der Waals surface area contributed by atoms with Gasteiger partial charge in [-0.2, -0.15) is 0 Å². The molecule has 5 heteroatoms. The molecule has 1 rings (SSSR count). The van der Waals surface area contributed by atoms with E-state index in [4.69, 9.17) is 5.73 Å². The van der Waals surface area contributed by atoms with E-state index in [0.717, 1.165) is 5.56 Å². The van der Waals surface area contributed by atoms with Crippen molar-refractivity contribution >= 4 is 23.2 Å². The van der Waals surface area contributed by atoms with Crippen LogP contribution < -0.4 is 11.1 Å². The molecule has 1 unspecified atom stereocenters. The van der Waals surface area contributed by atoms with Crippen molar-refractivity contribution in [2.75, 3.05) is 0 Å². The summed E-state index contributed by atoms with van der Waals surface area (Å²) in [5.41, 5.74) is 5.41. The standard InChI is InChI=1S/C13H20N2O2S/c1-5-13(8(2)3,12(14)17)15-11(16)10-9(4)6-7-18-10/h6-8H,5H2,1-4H3,(H2,14,17)(H,15,16). The molecule has 18 heavy (non-hydrogen) atoms. The van der Waals surface area contributed by atoms with Crippen LogP contribution in [0.15, 0.2) is 11.4 Å². The minimum atomic E-state index is -0.979. The van der Waals surface area contributed by atoms with Gasteiger partial charge in [0.05, 0.1) is 4.88 Å². The summed E-state index contributed by atoms with van der Waals surface area (Å²) in [7, 11) is 0. The highest BCUT2D eigenvalue weighted by Gasteiger charge is 2.40. The van der Waals surface area contributed by atoms with Crippen molar-refractivity contribution in [3.63, 3.8) is 0 Å². The number of rotatable bonds is 5. The summed E-state index contributed by atoms with van der Waals surface area (Å²) < 4.78 is 0. The fourth-order valence-corrected chi connectivity index (χ4v) is 2.85. The van der Waals surface area contributed by atoms with Crippen LogP contribution in [0, 0.1) is 12.8 Å². The first kappa shape index (κ1) is 14.7. The van der Waals surface area contributed by atoms with E-state index in [1.54, 1.807) is 0 Å². The predicted octanol–water partition coefficient (Wildman–Crippen LogP) is 2.08. The number of aryl methyl sites for hydroxylation is 1. The topological polar surface area (TPSA) is 72.2 Å². The van der Waals surface area contributed by atoms with E-state index in [1.807, 2.05) is 39.1 Å². The number of hydrogen-bond acceptors (Lipinski definition) is 3. The third-order valence-corrected chi connectivity index (χ3v) is 4.40. The number of nitrogens with one attached hydrogen (secondary N) is 1. The Kier molecular flexibility index (Phi) is 4.51. The summed E-state index contributed by atoms with van der Waals surface area (Å²) in [4.78, 5) is 24.5. The summed E-state index contributed by atoms with van der Waals surface area (Å²) in [5, 5.41) is 4.68. The van der Waals surface area contributed by atoms with Gasteiger partial charge in [0.25, 0.3) is 5.91 Å². The SMILES string of the molecule is CCC(NC(=O)c1sccc1C)(C(N)=O)C(C)C. The van der Waals surface area contributed by atoms with Gasteiger partial charge in [-0.05, 0) is 36.3 Å². The van der Waals surface area contributed by atoms with Crippen LogP contribution in [0.1, 0.15) is 42.4 Å². The second-order valence-corrected chi connectivity index (χ2v) is 5.65. The molecule has 1 aromatic heterocycles. The zero-order chi connectivity index (χ0) is 13.9. The smallest absolute Gasteiger partial charge is 0.262 e. The molecule has 4 nitrogen and oxygen atoms in total. The molecule has 2 amide bonds. The van der Waals surface area contributed by atoms with Crippen molar-refractivity contribution in [1.82, 2.24) is 5.32 Å². The van der Waals surface area contributed by atoms with Crippen molar-refractivity contribution in [2.45, 2.75) is 39.7 Å². The van der Waals surface area contributed by atoms with Crippen LogP contribution in [0.2, 0.25) is 0 Å². The Morgan fingerprint density at radius 1 is 1.50 bits per heavy atom. The van der Waals surface area contributed by atoms with Crippen molar-refractivity contribution < 1.29 is 9.59 Å². The quantitative estimate of drug-likeness (QED) is 0.858. The Morgan fingerprint density at radius 2 is 2.11 bits per heavy atom. The summed E-state index contributed by atoms with van der Waals surface area (Å²) in [6.07, 6.45) is 0.482. The largest absolute Gasteiger partial charge is 0.368 e. The number of primary amides is 1. The third-order valence-electron chi connectivity index (χ3n) is 3.39. The number of carbonyl (C=O) groups is 2. The van der Waals surface area contributed by atoms with Crippen molar-refractivity contribution in [2.24, 2.45) is 11.7 Å². The fraction of sp³-hybridized carbons (Fsp3) is 0.538. The van der Waals surface area contributed by atoms with E-state index in [-0.39, 0.29) is 11.8 Å². The maximum Gasteiger partial charge on any atom is 0.262 e. The molecule has 3 N–H and O–H groups in total. The minimum Gasteiger partial charge on any atom is -0.368 e. The number of thiophene rings is 1. The van der Waals surface area contributed by atoms with Gasteiger partial charge < -0.3 is 11.1 Å². The molecule has 0 aliphatic carbocycles. The highest BCUT2D eigenvalue weighted by Crippen LogP contribution is 2.23. The molecule has 0 aliphatic rings. The Balaban J connectivity index is 3.02. The molecule has 0 aromatic carbocycles. The Hall–Kier alpha value is -1.36. The molecule has 1 heterocycles. The molecule has 1 atom stereocenters. The molecule has 0 saturated heterocycles. The van der Waals surface area contributed by atoms with E-state index in [9.17, 15) is 9.59 Å². The fourth-order valence-electron chi connectivity index (χ4n) is 2.03. The Morgan fingerprint density at radius 3 is 2.44 bits per heavy atom. The van der Waals surface area contributed by atoms with Crippen LogP contribution in [-0.4, -0.2) is 17.4 Å². The average Bonchev–Trinajstić information content (AvgIpc) is 2.71. The van der Waals surface area contributed by atoms with Gasteiger partial charge in [-0.15, -0.1) is 11.3 Å². The monoisotopic (exact) mass is 268 g/mol. The van der Waals surface area contributed by atoms with E-state index >= 15 is 0 Å². The zero-order valence-corrected chi connectivity index (χ0v) is 12.1. The van der Waals surface area contributed by atoms with Gasteiger partial charge in [0.15, 0.2) is 0 Å². The number of carbonyl (C=O) groups excluding carboxylic acids is 2. The van der Waals surface area contributed by atoms with Crippen LogP contribution in [0.25, 0.3) is 0 Å². The van der Waals surface area contributed by atoms with Crippen molar-refractivity contribution in [3.8, 4) is 0 Å². The molecule has 0 bridgehead atoms. The number of amides is 2. The Bertz CT molecular complexity index is 454. The molecular weight excluding hydrogens is 248 g/mol. The minimum absolute atomic E-state index is 0.0516. The van der Waals surface area contributed by atoms with Gasteiger partial charge in [-0.1, -0.05) is 20.8 Å². The lowest BCUT2D eigenvalue weighted by Gasteiger charge is -2.34. The van der Waals surface area contributed by atoms with Crippen LogP contribution in [0.4, 0.5) is 0 Å². The van der Waals surface area contributed by atoms with E-state index in [2.05, 4.69) is 5.32 Å². The van der Waals surface area contributed by atoms with Crippen LogP contribution in [0.5, 0.6) is 0 Å². The van der Waals surface area contributed by atoms with Gasteiger partial charge in [-0.25, -0.2) is 0 Å². The summed E-state index contributed by atoms with van der Waals surface area (Å²) in [6, 6.07) is 1.88. The Labute approximate surface area is 112 Å². The second-order valence-electron chi connectivity index (χ2n) is 4.73. The maximum atomic E-state index is 12.2. The number of nitrogens with two attached hydrogens (primary N) is 1. The predicted molar refractivity (Wildman–Crippen MR) is 73.6 cm³/mol. The third kappa shape index (κ3) is 2.56. The normalized spacial score (nSPS) is 14.3. The van der Waals surface area contributed by atoms with E-state index in [1.165, 1.54) is 11.3 Å². The van der Waals surface area contributed by atoms with Crippen molar-refractivity contribution in [3.05, 3.63) is 21.9 Å². The van der Waals surface area contributed by atoms with Crippen LogP contribution in [0.3, 0.4) is 0 Å². The highest BCUT2D eigenvalue weighted by molar-refractivity contribution is 7.12. The van der Waals surface area contributed by atoms with Crippen molar-refractivity contribution in [1.29, 1.82) is 0 Å². The zero-order valence-electron chi connectivity index (χ0n) is 11.2. The van der Waals surface area contributed by atoms with Gasteiger partial charge >= 0.3 is 0 Å². The van der Waals surface area contributed by atoms with Crippen LogP contribution in [-0.2, 0) is 4.79 Å². The summed E-state index contributed by atoms with van der Waals surface area (Å²) in [5.74, 6) is -0.761. The van der Waals surface area contributed by atoms with Gasteiger partial charge in [-0.3, -0.25) is 9.59 Å². The molecular formula is C13H20N2O2S. The molecule has 0 aliphatic heterocycles. The molecule has 0 saturated carbocycles. The van der Waals surface area contributed by atoms with E-state index in [0.29, 0.717) is 11.3 Å². The summed E-state index contributed by atoms with van der Waals surface area (Å²) >= 11 is 1.37. The maximum absolute atomic E-state index is 12.2. The first-order chi connectivity index (χ1) is 8.35.